The second-order valence-corrected chi connectivity index (χ2v) is 5.73. The van der Waals surface area contributed by atoms with Gasteiger partial charge in [0.05, 0.1) is 0 Å². The number of para-hydroxylation sites is 1. The van der Waals surface area contributed by atoms with Crippen molar-refractivity contribution in [2.24, 2.45) is 0 Å². The molecule has 0 spiro atoms. The zero-order valence-corrected chi connectivity index (χ0v) is 12.4. The van der Waals surface area contributed by atoms with Gasteiger partial charge in [-0.3, -0.25) is 0 Å². The number of hydrogen-bond acceptors (Lipinski definition) is 2. The highest BCUT2D eigenvalue weighted by atomic mass is 19.1. The van der Waals surface area contributed by atoms with Crippen molar-refractivity contribution in [1.82, 2.24) is 5.32 Å². The van der Waals surface area contributed by atoms with Crippen LogP contribution >= 0.6 is 0 Å². The molecule has 0 atom stereocenters. The summed E-state index contributed by atoms with van der Waals surface area (Å²) in [5, 5.41) is 3.40. The quantitative estimate of drug-likeness (QED) is 0.874. The van der Waals surface area contributed by atoms with Gasteiger partial charge in [0.15, 0.2) is 11.6 Å². The lowest BCUT2D eigenvalue weighted by Crippen LogP contribution is -2.16. The molecule has 0 unspecified atom stereocenters. The lowest BCUT2D eigenvalue weighted by molar-refractivity contribution is 0.433. The number of nitrogens with one attached hydrogen (secondary N) is 1. The van der Waals surface area contributed by atoms with E-state index in [-0.39, 0.29) is 5.82 Å². The van der Waals surface area contributed by atoms with Gasteiger partial charge in [0.25, 0.3) is 0 Å². The van der Waals surface area contributed by atoms with Crippen LogP contribution in [-0.4, -0.2) is 6.04 Å². The third kappa shape index (κ3) is 3.42. The summed E-state index contributed by atoms with van der Waals surface area (Å²) in [6, 6.07) is 11.5. The standard InChI is InChI=1S/C18H20FNO/c1-12-6-9-16(10-13(12)2)21-18-14(4-3-5-17(18)19)11-20-15-7-8-15/h3-6,9-10,15,20H,7-8,11H2,1-2H3. The SMILES string of the molecule is Cc1ccc(Oc2c(F)cccc2CNC2CC2)cc1C. The van der Waals surface area contributed by atoms with Crippen LogP contribution in [0.25, 0.3) is 0 Å². The summed E-state index contributed by atoms with van der Waals surface area (Å²) in [5.41, 5.74) is 3.20. The number of rotatable bonds is 5. The van der Waals surface area contributed by atoms with E-state index in [0.29, 0.717) is 24.1 Å². The smallest absolute Gasteiger partial charge is 0.167 e. The number of benzene rings is 2. The Morgan fingerprint density at radius 3 is 2.67 bits per heavy atom. The summed E-state index contributed by atoms with van der Waals surface area (Å²) in [5.74, 6) is 0.688. The minimum Gasteiger partial charge on any atom is -0.454 e. The third-order valence-electron chi connectivity index (χ3n) is 3.91. The van der Waals surface area contributed by atoms with Crippen LogP contribution in [0, 0.1) is 19.7 Å². The van der Waals surface area contributed by atoms with E-state index in [1.54, 1.807) is 6.07 Å². The van der Waals surface area contributed by atoms with Crippen LogP contribution in [0.4, 0.5) is 4.39 Å². The third-order valence-corrected chi connectivity index (χ3v) is 3.91. The second-order valence-electron chi connectivity index (χ2n) is 5.73. The number of hydrogen-bond donors (Lipinski definition) is 1. The van der Waals surface area contributed by atoms with Crippen LogP contribution in [0.5, 0.6) is 11.5 Å². The van der Waals surface area contributed by atoms with Crippen molar-refractivity contribution in [2.75, 3.05) is 0 Å². The van der Waals surface area contributed by atoms with Gasteiger partial charge in [-0.25, -0.2) is 4.39 Å². The zero-order chi connectivity index (χ0) is 14.8. The summed E-state index contributed by atoms with van der Waals surface area (Å²) in [6.07, 6.45) is 2.42. The molecule has 0 heterocycles. The number of ether oxygens (including phenoxy) is 1. The predicted octanol–water partition coefficient (Wildman–Crippen LogP) is 4.49. The van der Waals surface area contributed by atoms with Crippen molar-refractivity contribution in [1.29, 1.82) is 0 Å². The fourth-order valence-corrected chi connectivity index (χ4v) is 2.24. The average Bonchev–Trinajstić information content (AvgIpc) is 3.28. The Morgan fingerprint density at radius 1 is 1.14 bits per heavy atom. The molecule has 2 nitrogen and oxygen atoms in total. The minimum absolute atomic E-state index is 0.316. The lowest BCUT2D eigenvalue weighted by Gasteiger charge is -2.13. The average molecular weight is 285 g/mol. The molecule has 0 amide bonds. The van der Waals surface area contributed by atoms with E-state index < -0.39 is 0 Å². The molecule has 1 aliphatic carbocycles. The van der Waals surface area contributed by atoms with Crippen molar-refractivity contribution in [3.8, 4) is 11.5 Å². The fourth-order valence-electron chi connectivity index (χ4n) is 2.24. The maximum atomic E-state index is 14.1. The molecule has 2 aromatic rings. The molecule has 2 aromatic carbocycles. The van der Waals surface area contributed by atoms with Crippen LogP contribution in [0.2, 0.25) is 0 Å². The van der Waals surface area contributed by atoms with Gasteiger partial charge in [-0.2, -0.15) is 0 Å². The molecule has 0 aliphatic heterocycles. The predicted molar refractivity (Wildman–Crippen MR) is 82.3 cm³/mol. The normalized spacial score (nSPS) is 14.2. The zero-order valence-electron chi connectivity index (χ0n) is 12.4. The van der Waals surface area contributed by atoms with Crippen LogP contribution in [0.1, 0.15) is 29.5 Å². The molecule has 3 rings (SSSR count). The molecule has 3 heteroatoms. The molecule has 0 aromatic heterocycles. The van der Waals surface area contributed by atoms with E-state index in [2.05, 4.69) is 5.32 Å². The van der Waals surface area contributed by atoms with Crippen LogP contribution in [0.15, 0.2) is 36.4 Å². The first-order chi connectivity index (χ1) is 10.1. The second kappa shape index (κ2) is 5.86. The van der Waals surface area contributed by atoms with Crippen molar-refractivity contribution >= 4 is 0 Å². The molecule has 1 N–H and O–H groups in total. The summed E-state index contributed by atoms with van der Waals surface area (Å²) in [4.78, 5) is 0. The molecule has 21 heavy (non-hydrogen) atoms. The molecule has 1 fully saturated rings. The first-order valence-corrected chi connectivity index (χ1v) is 7.39. The van der Waals surface area contributed by atoms with Gasteiger partial charge in [-0.15, -0.1) is 0 Å². The highest BCUT2D eigenvalue weighted by molar-refractivity contribution is 5.41. The van der Waals surface area contributed by atoms with E-state index >= 15 is 0 Å². The molecule has 0 radical (unpaired) electrons. The Labute approximate surface area is 125 Å². The van der Waals surface area contributed by atoms with Crippen molar-refractivity contribution in [3.63, 3.8) is 0 Å². The summed E-state index contributed by atoms with van der Waals surface area (Å²) >= 11 is 0. The summed E-state index contributed by atoms with van der Waals surface area (Å²) < 4.78 is 19.9. The van der Waals surface area contributed by atoms with Crippen LogP contribution < -0.4 is 10.1 Å². The Balaban J connectivity index is 1.83. The molecule has 1 aliphatic rings. The van der Waals surface area contributed by atoms with Gasteiger partial charge in [-0.1, -0.05) is 18.2 Å². The minimum atomic E-state index is -0.316. The van der Waals surface area contributed by atoms with Crippen molar-refractivity contribution < 1.29 is 9.13 Å². The Hall–Kier alpha value is -1.87. The van der Waals surface area contributed by atoms with Gasteiger partial charge in [0, 0.05) is 18.2 Å². The first-order valence-electron chi connectivity index (χ1n) is 7.39. The van der Waals surface area contributed by atoms with Crippen molar-refractivity contribution in [3.05, 3.63) is 58.9 Å². The molecule has 0 bridgehead atoms. The Bertz CT molecular complexity index is 650. The maximum Gasteiger partial charge on any atom is 0.167 e. The Morgan fingerprint density at radius 2 is 1.95 bits per heavy atom. The van der Waals surface area contributed by atoms with Crippen molar-refractivity contribution in [2.45, 2.75) is 39.3 Å². The van der Waals surface area contributed by atoms with Gasteiger partial charge in [-0.05, 0) is 56.0 Å². The highest BCUT2D eigenvalue weighted by Crippen LogP contribution is 2.30. The van der Waals surface area contributed by atoms with E-state index in [0.717, 1.165) is 11.1 Å². The lowest BCUT2D eigenvalue weighted by atomic mass is 10.1. The molecular weight excluding hydrogens is 265 g/mol. The molecule has 0 saturated heterocycles. The van der Waals surface area contributed by atoms with E-state index in [1.807, 2.05) is 38.1 Å². The Kier molecular flexibility index (Phi) is 3.93. The topological polar surface area (TPSA) is 21.3 Å². The number of aryl methyl sites for hydroxylation is 2. The van der Waals surface area contributed by atoms with Gasteiger partial charge in [0.2, 0.25) is 0 Å². The highest BCUT2D eigenvalue weighted by Gasteiger charge is 2.21. The molecule has 1 saturated carbocycles. The summed E-state index contributed by atoms with van der Waals surface area (Å²) in [6.45, 7) is 4.72. The molecule has 110 valence electrons. The first kappa shape index (κ1) is 14.1. The van der Waals surface area contributed by atoms with Crippen LogP contribution in [0.3, 0.4) is 0 Å². The summed E-state index contributed by atoms with van der Waals surface area (Å²) in [7, 11) is 0. The molecular formula is C18H20FNO. The van der Waals surface area contributed by atoms with Crippen LogP contribution in [-0.2, 0) is 6.54 Å². The van der Waals surface area contributed by atoms with Gasteiger partial charge in [0.1, 0.15) is 5.75 Å². The number of halogens is 1. The van der Waals surface area contributed by atoms with Gasteiger partial charge < -0.3 is 10.1 Å². The van der Waals surface area contributed by atoms with E-state index in [4.69, 9.17) is 4.74 Å². The maximum absolute atomic E-state index is 14.1. The van der Waals surface area contributed by atoms with Gasteiger partial charge >= 0.3 is 0 Å². The monoisotopic (exact) mass is 285 g/mol. The fraction of sp³-hybridized carbons (Fsp3) is 0.333. The van der Waals surface area contributed by atoms with E-state index in [9.17, 15) is 4.39 Å². The largest absolute Gasteiger partial charge is 0.454 e. The van der Waals surface area contributed by atoms with E-state index in [1.165, 1.54) is 24.5 Å².